The molecule has 0 aliphatic carbocycles. The van der Waals surface area contributed by atoms with E-state index in [0.717, 1.165) is 0 Å². The van der Waals surface area contributed by atoms with Crippen LogP contribution in [0.15, 0.2) is 48.7 Å². The number of ketones is 1. The van der Waals surface area contributed by atoms with E-state index >= 15 is 0 Å². The van der Waals surface area contributed by atoms with Crippen molar-refractivity contribution in [2.24, 2.45) is 0 Å². The molecule has 0 atom stereocenters. The number of nitro groups is 1. The van der Waals surface area contributed by atoms with Gasteiger partial charge in [-0.2, -0.15) is 0 Å². The Morgan fingerprint density at radius 2 is 1.90 bits per heavy atom. The Hall–Kier alpha value is -2.66. The fourth-order valence-electron chi connectivity index (χ4n) is 2.26. The van der Waals surface area contributed by atoms with Crippen molar-refractivity contribution in [2.45, 2.75) is 0 Å². The molecule has 0 aliphatic rings. The van der Waals surface area contributed by atoms with Gasteiger partial charge in [-0.25, -0.2) is 0 Å². The van der Waals surface area contributed by atoms with Gasteiger partial charge in [0.1, 0.15) is 5.56 Å². The molecule has 0 radical (unpaired) electrons. The molecule has 1 aromatic heterocycles. The monoisotopic (exact) mass is 300 g/mol. The lowest BCUT2D eigenvalue weighted by Crippen LogP contribution is -2.04. The summed E-state index contributed by atoms with van der Waals surface area (Å²) in [7, 11) is 0. The number of rotatable bonds is 3. The van der Waals surface area contributed by atoms with Gasteiger partial charge in [0.05, 0.1) is 4.92 Å². The zero-order valence-electron chi connectivity index (χ0n) is 10.7. The number of carbonyl (C=O) groups excluding carboxylic acids is 1. The topological polar surface area (TPSA) is 76.0 Å². The molecule has 0 aliphatic heterocycles. The summed E-state index contributed by atoms with van der Waals surface area (Å²) in [5, 5.41) is 12.3. The quantitative estimate of drug-likeness (QED) is 0.452. The van der Waals surface area contributed by atoms with Gasteiger partial charge in [0.2, 0.25) is 5.78 Å². The number of para-hydroxylation sites is 1. The predicted molar refractivity (Wildman–Crippen MR) is 79.8 cm³/mol. The van der Waals surface area contributed by atoms with Gasteiger partial charge in [-0.15, -0.1) is 0 Å². The van der Waals surface area contributed by atoms with Crippen molar-refractivity contribution in [1.82, 2.24) is 4.98 Å². The van der Waals surface area contributed by atoms with E-state index in [9.17, 15) is 14.9 Å². The van der Waals surface area contributed by atoms with Gasteiger partial charge in [0, 0.05) is 33.8 Å². The van der Waals surface area contributed by atoms with Crippen LogP contribution in [0.2, 0.25) is 5.02 Å². The summed E-state index contributed by atoms with van der Waals surface area (Å²) >= 11 is 5.90. The Morgan fingerprint density at radius 1 is 1.14 bits per heavy atom. The highest BCUT2D eigenvalue weighted by atomic mass is 35.5. The molecule has 0 saturated carbocycles. The van der Waals surface area contributed by atoms with E-state index < -0.39 is 10.7 Å². The molecule has 0 saturated heterocycles. The molecule has 1 heterocycles. The molecule has 3 aromatic rings. The summed E-state index contributed by atoms with van der Waals surface area (Å²) < 4.78 is 0. The second-order valence-corrected chi connectivity index (χ2v) is 4.93. The van der Waals surface area contributed by atoms with Crippen molar-refractivity contribution in [2.75, 3.05) is 0 Å². The van der Waals surface area contributed by atoms with Crippen molar-refractivity contribution in [3.8, 4) is 0 Å². The SMILES string of the molecule is O=C(c1ccccc1[N+](=O)[O-])c1c[nH]c2cc(Cl)ccc12. The van der Waals surface area contributed by atoms with E-state index in [1.54, 1.807) is 30.5 Å². The zero-order chi connectivity index (χ0) is 15.0. The number of aromatic amines is 1. The van der Waals surface area contributed by atoms with Crippen molar-refractivity contribution in [3.05, 3.63) is 74.9 Å². The van der Waals surface area contributed by atoms with Crippen molar-refractivity contribution in [3.63, 3.8) is 0 Å². The zero-order valence-corrected chi connectivity index (χ0v) is 11.4. The summed E-state index contributed by atoms with van der Waals surface area (Å²) in [6.45, 7) is 0. The van der Waals surface area contributed by atoms with Crippen LogP contribution in [-0.2, 0) is 0 Å². The van der Waals surface area contributed by atoms with Crippen LogP contribution in [0.3, 0.4) is 0 Å². The van der Waals surface area contributed by atoms with Gasteiger partial charge in [0.15, 0.2) is 0 Å². The maximum absolute atomic E-state index is 12.6. The molecule has 0 unspecified atom stereocenters. The summed E-state index contributed by atoms with van der Waals surface area (Å²) in [5.74, 6) is -0.393. The molecular formula is C15H9ClN2O3. The second-order valence-electron chi connectivity index (χ2n) is 4.50. The average molecular weight is 301 g/mol. The number of nitro benzene ring substituents is 1. The third kappa shape index (κ3) is 2.28. The Balaban J connectivity index is 2.15. The van der Waals surface area contributed by atoms with Crippen LogP contribution in [0.4, 0.5) is 5.69 Å². The smallest absolute Gasteiger partial charge is 0.280 e. The summed E-state index contributed by atoms with van der Waals surface area (Å²) in [5.41, 5.74) is 0.963. The molecule has 0 amide bonds. The van der Waals surface area contributed by atoms with Gasteiger partial charge in [-0.3, -0.25) is 14.9 Å². The van der Waals surface area contributed by atoms with Gasteiger partial charge in [-0.1, -0.05) is 29.8 Å². The van der Waals surface area contributed by atoms with E-state index in [1.807, 2.05) is 0 Å². The summed E-state index contributed by atoms with van der Waals surface area (Å²) in [4.78, 5) is 26.0. The number of halogens is 1. The molecule has 3 rings (SSSR count). The predicted octanol–water partition coefficient (Wildman–Crippen LogP) is 3.96. The number of nitrogens with zero attached hydrogens (tertiary/aromatic N) is 1. The van der Waals surface area contributed by atoms with Crippen molar-refractivity contribution < 1.29 is 9.72 Å². The van der Waals surface area contributed by atoms with Crippen LogP contribution in [0.1, 0.15) is 15.9 Å². The number of hydrogen-bond donors (Lipinski definition) is 1. The van der Waals surface area contributed by atoms with Crippen molar-refractivity contribution in [1.29, 1.82) is 0 Å². The fraction of sp³-hybridized carbons (Fsp3) is 0. The first kappa shape index (κ1) is 13.3. The van der Waals surface area contributed by atoms with Crippen LogP contribution in [0.5, 0.6) is 0 Å². The van der Waals surface area contributed by atoms with Crippen molar-refractivity contribution >= 4 is 34.0 Å². The van der Waals surface area contributed by atoms with Crippen LogP contribution in [0.25, 0.3) is 10.9 Å². The van der Waals surface area contributed by atoms with E-state index in [4.69, 9.17) is 11.6 Å². The molecular weight excluding hydrogens is 292 g/mol. The van der Waals surface area contributed by atoms with Crippen LogP contribution in [0, 0.1) is 10.1 Å². The number of nitrogens with one attached hydrogen (secondary N) is 1. The van der Waals surface area contributed by atoms with Gasteiger partial charge in [0.25, 0.3) is 5.69 Å². The lowest BCUT2D eigenvalue weighted by Gasteiger charge is -2.01. The molecule has 1 N–H and O–H groups in total. The van der Waals surface area contributed by atoms with Gasteiger partial charge < -0.3 is 4.98 Å². The average Bonchev–Trinajstić information content (AvgIpc) is 2.89. The maximum atomic E-state index is 12.6. The third-order valence-electron chi connectivity index (χ3n) is 3.23. The lowest BCUT2D eigenvalue weighted by molar-refractivity contribution is -0.385. The molecule has 5 nitrogen and oxygen atoms in total. The summed E-state index contributed by atoms with van der Waals surface area (Å²) in [6.07, 6.45) is 1.54. The number of carbonyl (C=O) groups is 1. The molecule has 0 spiro atoms. The standard InChI is InChI=1S/C15H9ClN2O3/c16-9-5-6-10-12(8-17-13(10)7-9)15(19)11-3-1-2-4-14(11)18(20)21/h1-8,17H. The largest absolute Gasteiger partial charge is 0.360 e. The molecule has 6 heteroatoms. The molecule has 0 bridgehead atoms. The normalized spacial score (nSPS) is 10.7. The Labute approximate surface area is 124 Å². The van der Waals surface area contributed by atoms with E-state index in [0.29, 0.717) is 21.5 Å². The van der Waals surface area contributed by atoms with E-state index in [1.165, 1.54) is 18.2 Å². The minimum absolute atomic E-state index is 0.0679. The number of benzene rings is 2. The molecule has 21 heavy (non-hydrogen) atoms. The first-order chi connectivity index (χ1) is 10.1. The Bertz CT molecular complexity index is 870. The Morgan fingerprint density at radius 3 is 2.67 bits per heavy atom. The lowest BCUT2D eigenvalue weighted by atomic mass is 10.0. The second kappa shape index (κ2) is 5.03. The molecule has 0 fully saturated rings. The first-order valence-corrected chi connectivity index (χ1v) is 6.50. The summed E-state index contributed by atoms with van der Waals surface area (Å²) in [6, 6.07) is 11.0. The molecule has 104 valence electrons. The highest BCUT2D eigenvalue weighted by Crippen LogP contribution is 2.27. The van der Waals surface area contributed by atoms with Gasteiger partial charge in [-0.05, 0) is 18.2 Å². The fourth-order valence-corrected chi connectivity index (χ4v) is 2.43. The Kier molecular flexibility index (Phi) is 3.19. The minimum atomic E-state index is -0.557. The number of fused-ring (bicyclic) bond motifs is 1. The third-order valence-corrected chi connectivity index (χ3v) is 3.47. The first-order valence-electron chi connectivity index (χ1n) is 6.12. The van der Waals surface area contributed by atoms with Crippen LogP contribution < -0.4 is 0 Å². The van der Waals surface area contributed by atoms with E-state index in [2.05, 4.69) is 4.98 Å². The number of aromatic nitrogens is 1. The minimum Gasteiger partial charge on any atom is -0.360 e. The van der Waals surface area contributed by atoms with Gasteiger partial charge >= 0.3 is 0 Å². The highest BCUT2D eigenvalue weighted by Gasteiger charge is 2.22. The van der Waals surface area contributed by atoms with Crippen LogP contribution >= 0.6 is 11.6 Å². The number of H-pyrrole nitrogens is 1. The van der Waals surface area contributed by atoms with Crippen LogP contribution in [-0.4, -0.2) is 15.7 Å². The van der Waals surface area contributed by atoms with E-state index in [-0.39, 0.29) is 11.3 Å². The number of hydrogen-bond acceptors (Lipinski definition) is 3. The molecule has 2 aromatic carbocycles. The maximum Gasteiger partial charge on any atom is 0.280 e. The highest BCUT2D eigenvalue weighted by molar-refractivity contribution is 6.31.